The molecule has 0 amide bonds. The second-order valence-electron chi connectivity index (χ2n) is 7.67. The van der Waals surface area contributed by atoms with E-state index in [2.05, 4.69) is 11.1 Å². The van der Waals surface area contributed by atoms with Gasteiger partial charge >= 0.3 is 21.1 Å². The van der Waals surface area contributed by atoms with Gasteiger partial charge in [-0.15, -0.1) is 17.2 Å². The van der Waals surface area contributed by atoms with Gasteiger partial charge in [-0.1, -0.05) is 74.0 Å². The third kappa shape index (κ3) is 4.77. The molecule has 5 nitrogen and oxygen atoms in total. The molecule has 7 heteroatoms. The molecule has 0 saturated carbocycles. The average molecular weight is 621 g/mol. The van der Waals surface area contributed by atoms with E-state index in [0.717, 1.165) is 11.3 Å². The van der Waals surface area contributed by atoms with Crippen molar-refractivity contribution in [3.63, 3.8) is 0 Å². The van der Waals surface area contributed by atoms with E-state index in [1.807, 2.05) is 74.5 Å². The number of non-ortho nitro benzene ring substituents is 1. The van der Waals surface area contributed by atoms with Crippen molar-refractivity contribution in [1.82, 2.24) is 9.97 Å². The van der Waals surface area contributed by atoms with Gasteiger partial charge < -0.3 is 12.6 Å². The summed E-state index contributed by atoms with van der Waals surface area (Å²) in [6.45, 7) is 3.99. The molecule has 0 aliphatic rings. The molecule has 4 rings (SSSR count). The van der Waals surface area contributed by atoms with Gasteiger partial charge in [0.25, 0.3) is 0 Å². The Morgan fingerprint density at radius 2 is 1.62 bits per heavy atom. The third-order valence-corrected chi connectivity index (χ3v) is 5.61. The summed E-state index contributed by atoms with van der Waals surface area (Å²) in [6.07, 6.45) is 1.70. The molecule has 2 aromatic heterocycles. The van der Waals surface area contributed by atoms with E-state index in [0.29, 0.717) is 27.4 Å². The molecule has 2 aromatic carbocycles. The van der Waals surface area contributed by atoms with Gasteiger partial charge in [-0.2, -0.15) is 4.90 Å². The zero-order valence-electron chi connectivity index (χ0n) is 17.4. The summed E-state index contributed by atoms with van der Waals surface area (Å²) in [5.41, 5.74) is 3.58. The molecule has 4 aromatic rings. The zero-order valence-corrected chi connectivity index (χ0v) is 20.5. The fourth-order valence-corrected chi connectivity index (χ4v) is 3.91. The van der Waals surface area contributed by atoms with Crippen molar-refractivity contribution >= 4 is 18.3 Å². The van der Waals surface area contributed by atoms with Crippen molar-refractivity contribution in [3.8, 4) is 22.6 Å². The Morgan fingerprint density at radius 1 is 0.938 bits per heavy atom. The molecule has 0 fully saturated rings. The van der Waals surface area contributed by atoms with Crippen LogP contribution in [-0.2, 0) is 39.1 Å². The van der Waals surface area contributed by atoms with Gasteiger partial charge in [-0.25, -0.2) is 0 Å². The first-order chi connectivity index (χ1) is 14.9. The molecule has 0 spiro atoms. The Kier molecular flexibility index (Phi) is 7.17. The van der Waals surface area contributed by atoms with Crippen LogP contribution in [0.3, 0.4) is 0 Å². The number of aromatic nitrogens is 2. The first kappa shape index (κ1) is 23.7. The van der Waals surface area contributed by atoms with Gasteiger partial charge in [0.1, 0.15) is 0 Å². The molecular weight excluding hydrogens is 601 g/mol. The minimum absolute atomic E-state index is 0. The van der Waals surface area contributed by atoms with Gasteiger partial charge in [0.2, 0.25) is 0 Å². The van der Waals surface area contributed by atoms with Crippen LogP contribution in [0.4, 0.5) is 5.69 Å². The number of nitro groups is 1. The van der Waals surface area contributed by atoms with Crippen LogP contribution in [-0.4, -0.2) is 14.9 Å². The molecule has 0 aliphatic carbocycles. The molecule has 32 heavy (non-hydrogen) atoms. The molecule has 0 saturated heterocycles. The Morgan fingerprint density at radius 3 is 2.31 bits per heavy atom. The maximum Gasteiger partial charge on any atom is 2.00 e. The van der Waals surface area contributed by atoms with Gasteiger partial charge in [0.15, 0.2) is 5.69 Å². The van der Waals surface area contributed by atoms with E-state index in [9.17, 15) is 10.1 Å². The number of nitrogens with zero attached hydrogens (tertiary/aromatic N) is 3. The molecule has 0 aliphatic heterocycles. The van der Waals surface area contributed by atoms with Crippen molar-refractivity contribution in [2.45, 2.75) is 24.2 Å². The molecule has 0 atom stereocenters. The molecular formula is C25H19N3O2PtS. The maximum absolute atomic E-state index is 11.7. The third-order valence-electron chi connectivity index (χ3n) is 5.25. The predicted octanol–water partition coefficient (Wildman–Crippen LogP) is 5.75. The SMILES string of the molecule is CC(C)(c1[c-]c(-c2cccc(-c3ccccn3)n2)cc([N+](=O)[O-])c1)c1ccccc1[S-].[Pt+2]. The molecule has 2 heterocycles. The van der Waals surface area contributed by atoms with Crippen LogP contribution in [0.15, 0.2) is 83.9 Å². The van der Waals surface area contributed by atoms with Gasteiger partial charge in [-0.3, -0.25) is 20.1 Å². The second kappa shape index (κ2) is 9.68. The number of hydrogen-bond acceptors (Lipinski definition) is 5. The number of rotatable bonds is 5. The summed E-state index contributed by atoms with van der Waals surface area (Å²) in [6, 6.07) is 25.2. The summed E-state index contributed by atoms with van der Waals surface area (Å²) in [5.74, 6) is 0. The van der Waals surface area contributed by atoms with Crippen molar-refractivity contribution < 1.29 is 26.0 Å². The van der Waals surface area contributed by atoms with Gasteiger partial charge in [-0.05, 0) is 29.3 Å². The van der Waals surface area contributed by atoms with E-state index >= 15 is 0 Å². The Balaban J connectivity index is 0.00000289. The van der Waals surface area contributed by atoms with Crippen LogP contribution in [0, 0.1) is 16.2 Å². The van der Waals surface area contributed by atoms with Crippen molar-refractivity contribution in [1.29, 1.82) is 0 Å². The quantitative estimate of drug-likeness (QED) is 0.123. The van der Waals surface area contributed by atoms with E-state index in [4.69, 9.17) is 17.6 Å². The number of pyridine rings is 2. The Bertz CT molecular complexity index is 1260. The number of nitro benzene ring substituents is 1. The summed E-state index contributed by atoms with van der Waals surface area (Å²) < 4.78 is 0. The average Bonchev–Trinajstić information content (AvgIpc) is 2.79. The van der Waals surface area contributed by atoms with Crippen LogP contribution in [0.5, 0.6) is 0 Å². The van der Waals surface area contributed by atoms with Crippen LogP contribution >= 0.6 is 0 Å². The number of hydrogen-bond donors (Lipinski definition) is 0. The molecule has 0 unspecified atom stereocenters. The van der Waals surface area contributed by atoms with Crippen LogP contribution in [0.1, 0.15) is 25.0 Å². The molecule has 0 N–H and O–H groups in total. The monoisotopic (exact) mass is 620 g/mol. The minimum Gasteiger partial charge on any atom is -0.779 e. The van der Waals surface area contributed by atoms with Crippen LogP contribution < -0.4 is 0 Å². The fraction of sp³-hybridized carbons (Fsp3) is 0.120. The molecule has 162 valence electrons. The zero-order chi connectivity index (χ0) is 22.0. The first-order valence-electron chi connectivity index (χ1n) is 9.74. The number of benzene rings is 2. The predicted molar refractivity (Wildman–Crippen MR) is 123 cm³/mol. The van der Waals surface area contributed by atoms with Crippen molar-refractivity contribution in [3.05, 3.63) is 106 Å². The maximum atomic E-state index is 11.7. The summed E-state index contributed by atoms with van der Waals surface area (Å²) in [4.78, 5) is 21.1. The van der Waals surface area contributed by atoms with E-state index in [-0.39, 0.29) is 31.7 Å². The topological polar surface area (TPSA) is 68.9 Å². The van der Waals surface area contributed by atoms with Crippen molar-refractivity contribution in [2.24, 2.45) is 0 Å². The minimum atomic E-state index is -0.572. The summed E-state index contributed by atoms with van der Waals surface area (Å²) >= 11 is 5.52. The smallest absolute Gasteiger partial charge is 0.779 e. The van der Waals surface area contributed by atoms with Crippen molar-refractivity contribution in [2.75, 3.05) is 0 Å². The van der Waals surface area contributed by atoms with Gasteiger partial charge in [0.05, 0.1) is 11.4 Å². The van der Waals surface area contributed by atoms with Crippen LogP contribution in [0.25, 0.3) is 22.6 Å². The van der Waals surface area contributed by atoms with E-state index in [1.165, 1.54) is 6.07 Å². The first-order valence-corrected chi connectivity index (χ1v) is 10.1. The largest absolute Gasteiger partial charge is 2.00 e. The van der Waals surface area contributed by atoms with E-state index in [1.54, 1.807) is 12.3 Å². The molecule has 0 bridgehead atoms. The summed E-state index contributed by atoms with van der Waals surface area (Å²) in [5, 5.41) is 11.7. The Hall–Kier alpha value is -2.95. The molecule has 0 radical (unpaired) electrons. The summed E-state index contributed by atoms with van der Waals surface area (Å²) in [7, 11) is 0. The Labute approximate surface area is 206 Å². The van der Waals surface area contributed by atoms with Crippen LogP contribution in [0.2, 0.25) is 0 Å². The fourth-order valence-electron chi connectivity index (χ4n) is 3.50. The van der Waals surface area contributed by atoms with E-state index < -0.39 is 5.41 Å². The standard InChI is InChI=1S/C25H20N3O2S.Pt/c1-25(2,20-8-3-4-12-24(20)31)18-14-17(15-19(16-18)28(29)30)21-10-7-11-23(27-21)22-9-5-6-13-26-22;/h3-13,15-16,31H,1-2H3;/q-1;+2/p-1. The van der Waals surface area contributed by atoms with Gasteiger partial charge in [0, 0.05) is 11.1 Å². The second-order valence-corrected chi connectivity index (χ2v) is 8.11. The normalized spacial score (nSPS) is 10.9.